The fourth-order valence-electron chi connectivity index (χ4n) is 1.52. The number of rotatable bonds is 2. The van der Waals surface area contributed by atoms with Gasteiger partial charge in [-0.05, 0) is 6.07 Å². The van der Waals surface area contributed by atoms with Crippen molar-refractivity contribution >= 4 is 11.0 Å². The van der Waals surface area contributed by atoms with Crippen LogP contribution in [-0.4, -0.2) is 17.3 Å². The monoisotopic (exact) mass is 205 g/mol. The molecule has 0 atom stereocenters. The fourth-order valence-corrected chi connectivity index (χ4v) is 1.52. The van der Waals surface area contributed by atoms with Crippen LogP contribution in [0.4, 0.5) is 0 Å². The minimum atomic E-state index is -0.379. The van der Waals surface area contributed by atoms with E-state index in [4.69, 9.17) is 9.62 Å². The van der Waals surface area contributed by atoms with E-state index in [0.29, 0.717) is 12.1 Å². The molecule has 4 nitrogen and oxygen atoms in total. The van der Waals surface area contributed by atoms with Crippen LogP contribution >= 0.6 is 0 Å². The first-order valence-corrected chi connectivity index (χ1v) is 4.58. The lowest BCUT2D eigenvalue weighted by Crippen LogP contribution is -2.12. The summed E-state index contributed by atoms with van der Waals surface area (Å²) in [6.07, 6.45) is 0. The molecule has 0 aliphatic heterocycles. The highest BCUT2D eigenvalue weighted by atomic mass is 16.5. The number of para-hydroxylation sites is 1. The lowest BCUT2D eigenvalue weighted by molar-refractivity contribution is -0.0730. The van der Waals surface area contributed by atoms with Gasteiger partial charge in [0.15, 0.2) is 0 Å². The van der Waals surface area contributed by atoms with Crippen LogP contribution in [0.15, 0.2) is 39.5 Å². The Balaban J connectivity index is 2.63. The smallest absolute Gasteiger partial charge is 0.336 e. The molecule has 1 aromatic heterocycles. The van der Waals surface area contributed by atoms with Gasteiger partial charge in [0.2, 0.25) is 0 Å². The van der Waals surface area contributed by atoms with Crippen LogP contribution in [0.5, 0.6) is 0 Å². The van der Waals surface area contributed by atoms with Crippen LogP contribution in [-0.2, 0) is 6.54 Å². The van der Waals surface area contributed by atoms with Gasteiger partial charge in [0.1, 0.15) is 5.58 Å². The van der Waals surface area contributed by atoms with Gasteiger partial charge >= 0.3 is 5.63 Å². The summed E-state index contributed by atoms with van der Waals surface area (Å²) in [7, 11) is 1.54. The fraction of sp³-hybridized carbons (Fsp3) is 0.182. The van der Waals surface area contributed by atoms with Gasteiger partial charge in [0, 0.05) is 24.1 Å². The highest BCUT2D eigenvalue weighted by molar-refractivity contribution is 5.79. The molecule has 0 saturated heterocycles. The summed E-state index contributed by atoms with van der Waals surface area (Å²) in [6, 6.07) is 8.63. The van der Waals surface area contributed by atoms with E-state index in [2.05, 4.69) is 0 Å². The quantitative estimate of drug-likeness (QED) is 0.597. The Morgan fingerprint density at radius 2 is 2.13 bits per heavy atom. The van der Waals surface area contributed by atoms with Gasteiger partial charge in [-0.15, -0.1) is 0 Å². The van der Waals surface area contributed by atoms with Crippen LogP contribution in [0.25, 0.3) is 11.0 Å². The highest BCUT2D eigenvalue weighted by Gasteiger charge is 2.05. The number of hydrogen-bond donors (Lipinski definition) is 1. The van der Waals surface area contributed by atoms with E-state index in [1.807, 2.05) is 18.2 Å². The summed E-state index contributed by atoms with van der Waals surface area (Å²) in [5.41, 5.74) is 0.941. The van der Waals surface area contributed by atoms with Gasteiger partial charge in [0.25, 0.3) is 0 Å². The van der Waals surface area contributed by atoms with Crippen molar-refractivity contribution in [2.75, 3.05) is 7.05 Å². The molecule has 2 rings (SSSR count). The Hall–Kier alpha value is -1.65. The SMILES string of the molecule is CN(O)Cc1cccc2ccc(=O)oc12. The first-order chi connectivity index (χ1) is 7.16. The van der Waals surface area contributed by atoms with Crippen molar-refractivity contribution in [1.29, 1.82) is 0 Å². The van der Waals surface area contributed by atoms with Crippen molar-refractivity contribution in [2.24, 2.45) is 0 Å². The van der Waals surface area contributed by atoms with Crippen molar-refractivity contribution in [3.8, 4) is 0 Å². The molecule has 1 heterocycles. The van der Waals surface area contributed by atoms with Gasteiger partial charge in [-0.3, -0.25) is 0 Å². The normalized spacial score (nSPS) is 11.1. The second-order valence-corrected chi connectivity index (χ2v) is 3.41. The zero-order valence-corrected chi connectivity index (χ0v) is 8.30. The molecule has 0 radical (unpaired) electrons. The van der Waals surface area contributed by atoms with Crippen LogP contribution in [0.1, 0.15) is 5.56 Å². The highest BCUT2D eigenvalue weighted by Crippen LogP contribution is 2.17. The summed E-state index contributed by atoms with van der Waals surface area (Å²) in [4.78, 5) is 11.1. The molecule has 1 N–H and O–H groups in total. The van der Waals surface area contributed by atoms with Gasteiger partial charge in [-0.1, -0.05) is 18.2 Å². The molecule has 0 bridgehead atoms. The maximum absolute atomic E-state index is 11.1. The van der Waals surface area contributed by atoms with Crippen LogP contribution in [0.2, 0.25) is 0 Å². The first kappa shape index (κ1) is 9.89. The molecule has 0 unspecified atom stereocenters. The molecule has 0 aliphatic carbocycles. The third-order valence-corrected chi connectivity index (χ3v) is 2.13. The van der Waals surface area contributed by atoms with Crippen LogP contribution < -0.4 is 5.63 Å². The van der Waals surface area contributed by atoms with E-state index in [1.165, 1.54) is 6.07 Å². The Labute approximate surface area is 86.3 Å². The third kappa shape index (κ3) is 2.06. The molecular weight excluding hydrogens is 194 g/mol. The molecule has 4 heteroatoms. The average Bonchev–Trinajstić information content (AvgIpc) is 2.18. The standard InChI is InChI=1S/C11H11NO3/c1-12(14)7-9-4-2-3-8-5-6-10(13)15-11(8)9/h2-6,14H,7H2,1H3. The van der Waals surface area contributed by atoms with Gasteiger partial charge < -0.3 is 9.62 Å². The minimum Gasteiger partial charge on any atom is -0.422 e. The molecule has 0 saturated carbocycles. The predicted octanol–water partition coefficient (Wildman–Crippen LogP) is 1.61. The second kappa shape index (κ2) is 3.84. The van der Waals surface area contributed by atoms with Crippen LogP contribution in [0, 0.1) is 0 Å². The van der Waals surface area contributed by atoms with Gasteiger partial charge in [-0.2, -0.15) is 5.06 Å². The van der Waals surface area contributed by atoms with E-state index in [9.17, 15) is 4.79 Å². The van der Waals surface area contributed by atoms with Crippen molar-refractivity contribution < 1.29 is 9.62 Å². The number of fused-ring (bicyclic) bond motifs is 1. The third-order valence-electron chi connectivity index (χ3n) is 2.13. The number of benzene rings is 1. The lowest BCUT2D eigenvalue weighted by atomic mass is 10.1. The topological polar surface area (TPSA) is 53.7 Å². The summed E-state index contributed by atoms with van der Waals surface area (Å²) in [5, 5.41) is 11.0. The number of hydrogen-bond acceptors (Lipinski definition) is 4. The van der Waals surface area contributed by atoms with Gasteiger partial charge in [-0.25, -0.2) is 4.79 Å². The van der Waals surface area contributed by atoms with Crippen LogP contribution in [0.3, 0.4) is 0 Å². The van der Waals surface area contributed by atoms with Crippen molar-refractivity contribution in [2.45, 2.75) is 6.54 Å². The number of nitrogens with zero attached hydrogens (tertiary/aromatic N) is 1. The van der Waals surface area contributed by atoms with Crippen molar-refractivity contribution in [3.63, 3.8) is 0 Å². The Kier molecular flexibility index (Phi) is 2.53. The molecule has 15 heavy (non-hydrogen) atoms. The molecule has 78 valence electrons. The number of hydroxylamine groups is 2. The largest absolute Gasteiger partial charge is 0.422 e. The van der Waals surface area contributed by atoms with E-state index < -0.39 is 0 Å². The van der Waals surface area contributed by atoms with Gasteiger partial charge in [0.05, 0.1) is 6.54 Å². The zero-order valence-electron chi connectivity index (χ0n) is 8.30. The maximum atomic E-state index is 11.1. The second-order valence-electron chi connectivity index (χ2n) is 3.41. The molecular formula is C11H11NO3. The summed E-state index contributed by atoms with van der Waals surface area (Å²) in [6.45, 7) is 0.324. The van der Waals surface area contributed by atoms with E-state index in [0.717, 1.165) is 16.0 Å². The molecule has 0 aliphatic rings. The first-order valence-electron chi connectivity index (χ1n) is 4.58. The molecule has 0 amide bonds. The molecule has 0 fully saturated rings. The summed E-state index contributed by atoms with van der Waals surface area (Å²) in [5.74, 6) is 0. The molecule has 2 aromatic rings. The Morgan fingerprint density at radius 3 is 2.87 bits per heavy atom. The maximum Gasteiger partial charge on any atom is 0.336 e. The zero-order chi connectivity index (χ0) is 10.8. The van der Waals surface area contributed by atoms with E-state index in [1.54, 1.807) is 13.1 Å². The van der Waals surface area contributed by atoms with E-state index >= 15 is 0 Å². The Bertz CT molecular complexity index is 531. The van der Waals surface area contributed by atoms with E-state index in [-0.39, 0.29) is 5.63 Å². The minimum absolute atomic E-state index is 0.324. The summed E-state index contributed by atoms with van der Waals surface area (Å²) < 4.78 is 5.10. The Morgan fingerprint density at radius 1 is 1.33 bits per heavy atom. The molecule has 0 spiro atoms. The summed E-state index contributed by atoms with van der Waals surface area (Å²) >= 11 is 0. The molecule has 1 aromatic carbocycles. The van der Waals surface area contributed by atoms with Crippen molar-refractivity contribution in [3.05, 3.63) is 46.3 Å². The van der Waals surface area contributed by atoms with Crippen molar-refractivity contribution in [1.82, 2.24) is 5.06 Å². The predicted molar refractivity (Wildman–Crippen MR) is 55.7 cm³/mol. The average molecular weight is 205 g/mol. The lowest BCUT2D eigenvalue weighted by Gasteiger charge is -2.09.